The van der Waals surface area contributed by atoms with Crippen LogP contribution >= 0.6 is 0 Å². The van der Waals surface area contributed by atoms with Crippen LogP contribution in [0.5, 0.6) is 0 Å². The number of hydrogen-bond donors (Lipinski definition) is 1. The van der Waals surface area contributed by atoms with Gasteiger partial charge in [0.2, 0.25) is 5.91 Å². The maximum Gasteiger partial charge on any atom is 0.339 e. The second-order valence-corrected chi connectivity index (χ2v) is 8.40. The van der Waals surface area contributed by atoms with E-state index >= 15 is 0 Å². The monoisotopic (exact) mass is 410 g/mol. The van der Waals surface area contributed by atoms with Crippen LogP contribution in [0.15, 0.2) is 26.0 Å². The van der Waals surface area contributed by atoms with Crippen molar-refractivity contribution in [3.8, 4) is 0 Å². The number of hydrogen-bond acceptors (Lipinski definition) is 5. The summed E-state index contributed by atoms with van der Waals surface area (Å²) in [5.41, 5.74) is 4.29. The standard InChI is InChI=1S/C24H30N2O4/c1-5-26-10-6-7-17(26)12-25-21(27)9-8-18-15(3)20-11-19-14(2)13-29-22(19)16(4)23(20)30-24(18)28/h11,13,17H,5-10,12H2,1-4H3,(H,25,27). The van der Waals surface area contributed by atoms with Gasteiger partial charge in [0.15, 0.2) is 0 Å². The molecule has 1 unspecified atom stereocenters. The minimum Gasteiger partial charge on any atom is -0.464 e. The number of amides is 1. The third-order valence-electron chi connectivity index (χ3n) is 6.58. The Hall–Kier alpha value is -2.60. The summed E-state index contributed by atoms with van der Waals surface area (Å²) < 4.78 is 11.3. The van der Waals surface area contributed by atoms with Gasteiger partial charge in [0, 0.05) is 40.9 Å². The molecule has 1 N–H and O–H groups in total. The van der Waals surface area contributed by atoms with E-state index in [1.807, 2.05) is 26.8 Å². The van der Waals surface area contributed by atoms with Crippen LogP contribution in [0, 0.1) is 20.8 Å². The van der Waals surface area contributed by atoms with Gasteiger partial charge in [0.1, 0.15) is 11.2 Å². The molecule has 1 aromatic carbocycles. The Kier molecular flexibility index (Phi) is 5.69. The Balaban J connectivity index is 1.52. The average molecular weight is 411 g/mol. The first-order chi connectivity index (χ1) is 14.4. The molecule has 1 fully saturated rings. The van der Waals surface area contributed by atoms with Crippen LogP contribution in [-0.4, -0.2) is 36.5 Å². The molecule has 1 atom stereocenters. The smallest absolute Gasteiger partial charge is 0.339 e. The summed E-state index contributed by atoms with van der Waals surface area (Å²) in [5, 5.41) is 4.98. The minimum absolute atomic E-state index is 0.0193. The number of carbonyl (C=O) groups excluding carboxylic acids is 1. The van der Waals surface area contributed by atoms with E-state index in [2.05, 4.69) is 17.1 Å². The summed E-state index contributed by atoms with van der Waals surface area (Å²) in [6.45, 7) is 10.8. The van der Waals surface area contributed by atoms with Crippen molar-refractivity contribution in [3.05, 3.63) is 45.0 Å². The predicted molar refractivity (Wildman–Crippen MR) is 118 cm³/mol. The normalized spacial score (nSPS) is 17.3. The first-order valence-corrected chi connectivity index (χ1v) is 10.8. The molecule has 0 saturated carbocycles. The van der Waals surface area contributed by atoms with Gasteiger partial charge < -0.3 is 14.2 Å². The number of nitrogens with zero attached hydrogens (tertiary/aromatic N) is 1. The van der Waals surface area contributed by atoms with E-state index in [4.69, 9.17) is 8.83 Å². The number of likely N-dealkylation sites (tertiary alicyclic amines) is 1. The number of nitrogens with one attached hydrogen (secondary N) is 1. The molecule has 2 aromatic heterocycles. The summed E-state index contributed by atoms with van der Waals surface area (Å²) in [6, 6.07) is 2.45. The zero-order valence-corrected chi connectivity index (χ0v) is 18.3. The van der Waals surface area contributed by atoms with Gasteiger partial charge >= 0.3 is 5.63 Å². The highest BCUT2D eigenvalue weighted by Gasteiger charge is 2.23. The Morgan fingerprint density at radius 3 is 2.77 bits per heavy atom. The lowest BCUT2D eigenvalue weighted by Gasteiger charge is -2.22. The van der Waals surface area contributed by atoms with Crippen LogP contribution < -0.4 is 10.9 Å². The van der Waals surface area contributed by atoms with Crippen molar-refractivity contribution >= 4 is 27.8 Å². The lowest BCUT2D eigenvalue weighted by molar-refractivity contribution is -0.121. The van der Waals surface area contributed by atoms with E-state index in [0.29, 0.717) is 30.2 Å². The molecule has 1 aliphatic heterocycles. The lowest BCUT2D eigenvalue weighted by Crippen LogP contribution is -2.40. The number of rotatable bonds is 6. The molecule has 1 saturated heterocycles. The molecule has 0 bridgehead atoms. The fourth-order valence-corrected chi connectivity index (χ4v) is 4.71. The Morgan fingerprint density at radius 2 is 2.00 bits per heavy atom. The lowest BCUT2D eigenvalue weighted by atomic mass is 9.98. The fraction of sp³-hybridized carbons (Fsp3) is 0.500. The molecule has 4 rings (SSSR count). The first kappa shape index (κ1) is 20.7. The van der Waals surface area contributed by atoms with Gasteiger partial charge in [-0.15, -0.1) is 0 Å². The highest BCUT2D eigenvalue weighted by atomic mass is 16.4. The number of fused-ring (bicyclic) bond motifs is 2. The summed E-state index contributed by atoms with van der Waals surface area (Å²) in [6.07, 6.45) is 4.69. The van der Waals surface area contributed by atoms with Crippen LogP contribution in [0.4, 0.5) is 0 Å². The van der Waals surface area contributed by atoms with Crippen molar-refractivity contribution in [1.82, 2.24) is 10.2 Å². The molecule has 6 heteroatoms. The quantitative estimate of drug-likeness (QED) is 0.622. The van der Waals surface area contributed by atoms with Crippen molar-refractivity contribution < 1.29 is 13.6 Å². The van der Waals surface area contributed by atoms with Crippen molar-refractivity contribution in [2.24, 2.45) is 0 Å². The van der Waals surface area contributed by atoms with Crippen molar-refractivity contribution in [3.63, 3.8) is 0 Å². The van der Waals surface area contributed by atoms with Crippen LogP contribution in [0.3, 0.4) is 0 Å². The molecule has 0 radical (unpaired) electrons. The van der Waals surface area contributed by atoms with Crippen LogP contribution in [0.2, 0.25) is 0 Å². The molecular formula is C24H30N2O4. The summed E-state index contributed by atoms with van der Waals surface area (Å²) in [5.74, 6) is -0.0193. The van der Waals surface area contributed by atoms with E-state index in [0.717, 1.165) is 52.6 Å². The summed E-state index contributed by atoms with van der Waals surface area (Å²) >= 11 is 0. The van der Waals surface area contributed by atoms with Gasteiger partial charge in [-0.1, -0.05) is 6.92 Å². The average Bonchev–Trinajstić information content (AvgIpc) is 3.34. The molecule has 3 heterocycles. The molecule has 1 aliphatic rings. The number of furan rings is 1. The number of carbonyl (C=O) groups is 1. The molecule has 160 valence electrons. The molecule has 1 amide bonds. The van der Waals surface area contributed by atoms with E-state index in [1.165, 1.54) is 6.42 Å². The molecule has 0 aliphatic carbocycles. The van der Waals surface area contributed by atoms with Crippen molar-refractivity contribution in [2.45, 2.75) is 59.4 Å². The second kappa shape index (κ2) is 8.26. The predicted octanol–water partition coefficient (Wildman–Crippen LogP) is 4.00. The van der Waals surface area contributed by atoms with E-state index in [-0.39, 0.29) is 18.0 Å². The third kappa shape index (κ3) is 3.65. The van der Waals surface area contributed by atoms with Gasteiger partial charge in [-0.2, -0.15) is 0 Å². The molecule has 0 spiro atoms. The highest BCUT2D eigenvalue weighted by Crippen LogP contribution is 2.32. The maximum atomic E-state index is 12.7. The maximum absolute atomic E-state index is 12.7. The minimum atomic E-state index is -0.369. The van der Waals surface area contributed by atoms with Crippen LogP contribution in [0.25, 0.3) is 21.9 Å². The number of benzene rings is 1. The van der Waals surface area contributed by atoms with E-state index < -0.39 is 0 Å². The van der Waals surface area contributed by atoms with Gasteiger partial charge in [0.05, 0.1) is 6.26 Å². The SMILES string of the molecule is CCN1CCCC1CNC(=O)CCc1c(C)c2cc3c(C)coc3c(C)c2oc1=O. The number of aryl methyl sites for hydroxylation is 3. The topological polar surface area (TPSA) is 75.7 Å². The zero-order valence-electron chi connectivity index (χ0n) is 18.3. The second-order valence-electron chi connectivity index (χ2n) is 8.40. The zero-order chi connectivity index (χ0) is 21.4. The van der Waals surface area contributed by atoms with Crippen molar-refractivity contribution in [1.29, 1.82) is 0 Å². The van der Waals surface area contributed by atoms with E-state index in [9.17, 15) is 9.59 Å². The van der Waals surface area contributed by atoms with Crippen LogP contribution in [-0.2, 0) is 11.2 Å². The third-order valence-corrected chi connectivity index (χ3v) is 6.58. The molecule has 6 nitrogen and oxygen atoms in total. The van der Waals surface area contributed by atoms with Gasteiger partial charge in [-0.25, -0.2) is 4.79 Å². The summed E-state index contributed by atoms with van der Waals surface area (Å²) in [7, 11) is 0. The number of likely N-dealkylation sites (N-methyl/N-ethyl adjacent to an activating group) is 1. The molecule has 3 aromatic rings. The van der Waals surface area contributed by atoms with Gasteiger partial charge in [-0.05, 0) is 70.3 Å². The Morgan fingerprint density at radius 1 is 1.20 bits per heavy atom. The van der Waals surface area contributed by atoms with Gasteiger partial charge in [-0.3, -0.25) is 9.69 Å². The Bertz CT molecular complexity index is 1160. The summed E-state index contributed by atoms with van der Waals surface area (Å²) in [4.78, 5) is 27.5. The first-order valence-electron chi connectivity index (χ1n) is 10.8. The fourth-order valence-electron chi connectivity index (χ4n) is 4.71. The Labute approximate surface area is 176 Å². The molecular weight excluding hydrogens is 380 g/mol. The van der Waals surface area contributed by atoms with Crippen LogP contribution in [0.1, 0.15) is 48.4 Å². The highest BCUT2D eigenvalue weighted by molar-refractivity contribution is 5.99. The van der Waals surface area contributed by atoms with E-state index in [1.54, 1.807) is 6.26 Å². The largest absolute Gasteiger partial charge is 0.464 e. The van der Waals surface area contributed by atoms with Crippen molar-refractivity contribution in [2.75, 3.05) is 19.6 Å². The molecule has 30 heavy (non-hydrogen) atoms. The van der Waals surface area contributed by atoms with Gasteiger partial charge in [0.25, 0.3) is 0 Å².